The molecule has 0 heterocycles. The van der Waals surface area contributed by atoms with Gasteiger partial charge in [0.05, 0.1) is 0 Å². The fourth-order valence-electron chi connectivity index (χ4n) is 0. The average molecular weight is 469 g/mol. The minimum atomic E-state index is -5.08. The van der Waals surface area contributed by atoms with E-state index in [0.717, 1.165) is 0 Å². The molecular weight excluding hydrogens is 461 g/mol. The monoisotopic (exact) mass is 466 g/mol. The van der Waals surface area contributed by atoms with Crippen LogP contribution in [0.4, 0.5) is 0 Å². The van der Waals surface area contributed by atoms with Gasteiger partial charge in [-0.15, -0.1) is 0 Å². The van der Waals surface area contributed by atoms with Crippen molar-refractivity contribution in [3.63, 3.8) is 0 Å². The molecule has 0 amide bonds. The summed E-state index contributed by atoms with van der Waals surface area (Å²) >= 11 is 0. The van der Waals surface area contributed by atoms with Gasteiger partial charge in [-0.25, -0.2) is 0 Å². The molecule has 0 unspecified atom stereocenters. The summed E-state index contributed by atoms with van der Waals surface area (Å²) in [6.45, 7) is -5.08. The summed E-state index contributed by atoms with van der Waals surface area (Å²) in [5.74, 6) is 0. The van der Waals surface area contributed by atoms with Crippen molar-refractivity contribution in [2.45, 2.75) is 0 Å². The zero-order chi connectivity index (χ0) is 6.41. The molecule has 13 heavy (non-hydrogen) atoms. The summed E-state index contributed by atoms with van der Waals surface area (Å²) in [4.78, 5) is 0. The van der Waals surface area contributed by atoms with E-state index in [1.165, 1.54) is 0 Å². The van der Waals surface area contributed by atoms with Crippen LogP contribution >= 0.6 is 57.2 Å². The normalized spacial score (nSPS) is 12.5. The van der Waals surface area contributed by atoms with E-state index >= 15 is 0 Å². The summed E-state index contributed by atoms with van der Waals surface area (Å²) in [6, 6.07) is 0. The van der Waals surface area contributed by atoms with Crippen molar-refractivity contribution in [1.29, 1.82) is 0 Å². The third-order valence-corrected chi connectivity index (χ3v) is 0. The summed E-state index contributed by atoms with van der Waals surface area (Å²) in [7, 11) is 30.2. The van der Waals surface area contributed by atoms with Gasteiger partial charge in [0, 0.05) is 0 Å². The Kier molecular flexibility index (Phi) is 37.4. The van der Waals surface area contributed by atoms with Gasteiger partial charge >= 0.3 is 167 Å². The summed E-state index contributed by atoms with van der Waals surface area (Å²) in [5, 5.41) is 0. The standard InChI is InChI=1S/6ClH.2K.4H2O.Pd/h6*1H;;;4*1H2;/q;;;;;;2*+1;;;;;+4/p-6. The topological polar surface area (TPSA) is 126 Å². The summed E-state index contributed by atoms with van der Waals surface area (Å²) in [5.41, 5.74) is 0. The second kappa shape index (κ2) is 11.4. The molecule has 0 aliphatic carbocycles. The van der Waals surface area contributed by atoms with Crippen molar-refractivity contribution < 1.29 is 132 Å². The zero-order valence-corrected chi connectivity index (χ0v) is 18.9. The average Bonchev–Trinajstić information content (AvgIpc) is 0.592. The first-order valence-corrected chi connectivity index (χ1v) is 12.7. The van der Waals surface area contributed by atoms with Crippen molar-refractivity contribution in [3.05, 3.63) is 0 Å². The Morgan fingerprint density at radius 1 is 0.462 bits per heavy atom. The van der Waals surface area contributed by atoms with Crippen LogP contribution in [0.1, 0.15) is 0 Å². The molecule has 0 atom stereocenters. The first-order chi connectivity index (χ1) is 2.45. The van der Waals surface area contributed by atoms with Gasteiger partial charge in [-0.2, -0.15) is 0 Å². The molecular formula is H8Cl6K2O4Pd. The second-order valence-corrected chi connectivity index (χ2v) is 36.1. The van der Waals surface area contributed by atoms with Crippen molar-refractivity contribution in [1.82, 2.24) is 0 Å². The Bertz CT molecular complexity index is 81.2. The van der Waals surface area contributed by atoms with Gasteiger partial charge in [-0.1, -0.05) is 0 Å². The van der Waals surface area contributed by atoms with Gasteiger partial charge in [0.2, 0.25) is 0 Å². The maximum absolute atomic E-state index is 5.08. The zero-order valence-electron chi connectivity index (χ0n) is 6.58. The fourth-order valence-corrected chi connectivity index (χ4v) is 0. The van der Waals surface area contributed by atoms with E-state index in [0.29, 0.717) is 0 Å². The minimum absolute atomic E-state index is 0. The van der Waals surface area contributed by atoms with E-state index in [4.69, 9.17) is 57.2 Å². The van der Waals surface area contributed by atoms with Crippen molar-refractivity contribution in [2.24, 2.45) is 0 Å². The van der Waals surface area contributed by atoms with E-state index in [-0.39, 0.29) is 125 Å². The molecule has 0 aliphatic rings. The Balaban J connectivity index is -0.0000000120. The maximum Gasteiger partial charge on any atom is 1.00 e. The predicted octanol–water partition coefficient (Wildman–Crippen LogP) is -5.16. The largest absolute Gasteiger partial charge is 1.00 e. The molecule has 0 aromatic carbocycles. The Morgan fingerprint density at radius 3 is 0.462 bits per heavy atom. The van der Waals surface area contributed by atoms with Crippen molar-refractivity contribution in [2.75, 3.05) is 0 Å². The first-order valence-electron chi connectivity index (χ1n) is 0.717. The molecule has 0 aromatic heterocycles. The van der Waals surface area contributed by atoms with Crippen molar-refractivity contribution >= 4 is 57.2 Å². The van der Waals surface area contributed by atoms with E-state index < -0.39 is 6.97 Å². The van der Waals surface area contributed by atoms with Crippen molar-refractivity contribution in [3.8, 4) is 0 Å². The molecule has 0 aliphatic heterocycles. The van der Waals surface area contributed by atoms with Crippen LogP contribution in [0.15, 0.2) is 0 Å². The Hall–Kier alpha value is 5.52. The minimum Gasteiger partial charge on any atom is 1.00 e. The third kappa shape index (κ3) is 139. The molecule has 0 bridgehead atoms. The molecule has 4 nitrogen and oxygen atoms in total. The van der Waals surface area contributed by atoms with Crippen LogP contribution < -0.4 is 103 Å². The van der Waals surface area contributed by atoms with Gasteiger partial charge < -0.3 is 21.9 Å². The molecule has 0 saturated carbocycles. The number of hydrogen-bond donors (Lipinski definition) is 0. The molecule has 0 saturated heterocycles. The van der Waals surface area contributed by atoms with Crippen LogP contribution in [-0.2, 0) is 6.97 Å². The van der Waals surface area contributed by atoms with Gasteiger partial charge in [-0.3, -0.25) is 0 Å². The molecule has 0 radical (unpaired) electrons. The summed E-state index contributed by atoms with van der Waals surface area (Å²) < 4.78 is 0. The van der Waals surface area contributed by atoms with Crippen LogP contribution in [0.3, 0.4) is 0 Å². The van der Waals surface area contributed by atoms with E-state index in [9.17, 15) is 0 Å². The van der Waals surface area contributed by atoms with Gasteiger partial charge in [-0.05, 0) is 0 Å². The smallest absolute Gasteiger partial charge is 1.00 e. The number of rotatable bonds is 0. The van der Waals surface area contributed by atoms with Crippen LogP contribution in [0, 0.1) is 0 Å². The third-order valence-electron chi connectivity index (χ3n) is 0. The second-order valence-electron chi connectivity index (χ2n) is 0.678. The van der Waals surface area contributed by atoms with Crippen LogP contribution in [0.2, 0.25) is 0 Å². The molecule has 13 heteroatoms. The molecule has 0 spiro atoms. The SMILES string of the molecule is O.O.O.O.[Cl][Pd-2]([Cl])([Cl])([Cl])([Cl])[Cl].[K+].[K+]. The predicted molar refractivity (Wildman–Crippen MR) is 49.6 cm³/mol. The number of hydrogen-bond acceptors (Lipinski definition) is 0. The fraction of sp³-hybridized carbons (Fsp3) is 0. The van der Waals surface area contributed by atoms with Gasteiger partial charge in [0.1, 0.15) is 0 Å². The molecule has 0 rings (SSSR count). The quantitative estimate of drug-likeness (QED) is 0.315. The maximum atomic E-state index is 5.03. The first kappa shape index (κ1) is 42.8. The Labute approximate surface area is 183 Å². The van der Waals surface area contributed by atoms with Gasteiger partial charge in [0.15, 0.2) is 0 Å². The van der Waals surface area contributed by atoms with E-state index in [2.05, 4.69) is 0 Å². The van der Waals surface area contributed by atoms with Gasteiger partial charge in [0.25, 0.3) is 0 Å². The summed E-state index contributed by atoms with van der Waals surface area (Å²) in [6.07, 6.45) is 0. The van der Waals surface area contributed by atoms with Crippen LogP contribution in [0.5, 0.6) is 0 Å². The van der Waals surface area contributed by atoms with E-state index in [1.807, 2.05) is 0 Å². The molecule has 0 aromatic rings. The van der Waals surface area contributed by atoms with E-state index in [1.54, 1.807) is 0 Å². The molecule has 8 N–H and O–H groups in total. The Morgan fingerprint density at radius 2 is 0.462 bits per heavy atom. The van der Waals surface area contributed by atoms with Crippen LogP contribution in [-0.4, -0.2) is 21.9 Å². The van der Waals surface area contributed by atoms with Crippen LogP contribution in [0.25, 0.3) is 0 Å². The molecule has 0 fully saturated rings. The number of halogens is 6. The molecule has 86 valence electrons.